The van der Waals surface area contributed by atoms with Crippen molar-refractivity contribution >= 4 is 5.97 Å². The standard InChI is InChI=1S/C14H15NO5/c1-8-6-10(16)13(14(18)15-8)9(7-12(17)19-2)11-4-3-5-20-11/h3-6,9H,7H2,1-2H3,(H2,15,16,18)/t9-/m1/s1. The molecule has 106 valence electrons. The van der Waals surface area contributed by atoms with E-state index in [-0.39, 0.29) is 17.7 Å². The van der Waals surface area contributed by atoms with Crippen LogP contribution < -0.4 is 5.56 Å². The first-order valence-electron chi connectivity index (χ1n) is 6.06. The van der Waals surface area contributed by atoms with Crippen LogP contribution in [0.15, 0.2) is 33.7 Å². The van der Waals surface area contributed by atoms with Crippen molar-refractivity contribution in [1.82, 2.24) is 4.98 Å². The Morgan fingerprint density at radius 1 is 1.55 bits per heavy atom. The molecule has 0 aromatic carbocycles. The number of ether oxygens (including phenoxy) is 1. The van der Waals surface area contributed by atoms with E-state index in [1.807, 2.05) is 0 Å². The van der Waals surface area contributed by atoms with E-state index < -0.39 is 17.4 Å². The number of aromatic amines is 1. The van der Waals surface area contributed by atoms with Gasteiger partial charge in [0.1, 0.15) is 11.5 Å². The Bertz CT molecular complexity index is 657. The summed E-state index contributed by atoms with van der Waals surface area (Å²) in [4.78, 5) is 26.2. The molecule has 0 bridgehead atoms. The number of carbonyl (C=O) groups is 1. The number of rotatable bonds is 4. The van der Waals surface area contributed by atoms with Crippen molar-refractivity contribution in [3.05, 3.63) is 51.8 Å². The number of esters is 1. The van der Waals surface area contributed by atoms with Crippen LogP contribution in [0, 0.1) is 6.92 Å². The summed E-state index contributed by atoms with van der Waals surface area (Å²) >= 11 is 0. The lowest BCUT2D eigenvalue weighted by molar-refractivity contribution is -0.140. The smallest absolute Gasteiger partial charge is 0.306 e. The molecule has 0 saturated heterocycles. The van der Waals surface area contributed by atoms with Gasteiger partial charge >= 0.3 is 5.97 Å². The Kier molecular flexibility index (Phi) is 3.93. The van der Waals surface area contributed by atoms with Crippen LogP contribution in [0.3, 0.4) is 0 Å². The summed E-state index contributed by atoms with van der Waals surface area (Å²) in [6.07, 6.45) is 1.35. The van der Waals surface area contributed by atoms with E-state index in [0.717, 1.165) is 0 Å². The fraction of sp³-hybridized carbons (Fsp3) is 0.286. The van der Waals surface area contributed by atoms with Gasteiger partial charge < -0.3 is 19.2 Å². The second-order valence-electron chi connectivity index (χ2n) is 4.43. The van der Waals surface area contributed by atoms with E-state index in [1.165, 1.54) is 19.4 Å². The number of furan rings is 1. The van der Waals surface area contributed by atoms with E-state index in [9.17, 15) is 14.7 Å². The van der Waals surface area contributed by atoms with Gasteiger partial charge in [0.25, 0.3) is 5.56 Å². The average molecular weight is 277 g/mol. The van der Waals surface area contributed by atoms with Gasteiger partial charge in [0, 0.05) is 5.69 Å². The molecule has 20 heavy (non-hydrogen) atoms. The molecule has 6 nitrogen and oxygen atoms in total. The fourth-order valence-corrected chi connectivity index (χ4v) is 2.10. The lowest BCUT2D eigenvalue weighted by Gasteiger charge is -2.14. The van der Waals surface area contributed by atoms with Crippen molar-refractivity contribution in [3.8, 4) is 5.75 Å². The molecule has 2 aromatic rings. The Morgan fingerprint density at radius 2 is 2.30 bits per heavy atom. The molecular formula is C14H15NO5. The van der Waals surface area contributed by atoms with Crippen LogP contribution in [0.1, 0.15) is 29.4 Å². The van der Waals surface area contributed by atoms with Gasteiger partial charge in [-0.3, -0.25) is 9.59 Å². The highest BCUT2D eigenvalue weighted by Gasteiger charge is 2.27. The molecule has 0 radical (unpaired) electrons. The third-order valence-electron chi connectivity index (χ3n) is 3.02. The summed E-state index contributed by atoms with van der Waals surface area (Å²) in [5.41, 5.74) is 0.177. The Labute approximate surface area is 115 Å². The van der Waals surface area contributed by atoms with E-state index in [1.54, 1.807) is 19.1 Å². The summed E-state index contributed by atoms with van der Waals surface area (Å²) in [5, 5.41) is 10.0. The van der Waals surface area contributed by atoms with Crippen LogP contribution in [0.5, 0.6) is 5.75 Å². The van der Waals surface area contributed by atoms with E-state index in [4.69, 9.17) is 4.42 Å². The molecule has 0 unspecified atom stereocenters. The quantitative estimate of drug-likeness (QED) is 0.829. The van der Waals surface area contributed by atoms with E-state index in [0.29, 0.717) is 11.5 Å². The number of carbonyl (C=O) groups excluding carboxylic acids is 1. The van der Waals surface area contributed by atoms with Gasteiger partial charge in [-0.2, -0.15) is 0 Å². The summed E-state index contributed by atoms with van der Waals surface area (Å²) in [6.45, 7) is 1.66. The van der Waals surface area contributed by atoms with Gasteiger partial charge in [-0.25, -0.2) is 0 Å². The Hall–Kier alpha value is -2.50. The monoisotopic (exact) mass is 277 g/mol. The fourth-order valence-electron chi connectivity index (χ4n) is 2.10. The summed E-state index contributed by atoms with van der Waals surface area (Å²) < 4.78 is 9.89. The van der Waals surface area contributed by atoms with Gasteiger partial charge in [-0.05, 0) is 25.1 Å². The first-order valence-corrected chi connectivity index (χ1v) is 6.06. The number of hydrogen-bond acceptors (Lipinski definition) is 5. The number of pyridine rings is 1. The topological polar surface area (TPSA) is 92.5 Å². The molecule has 2 rings (SSSR count). The Balaban J connectivity index is 2.52. The van der Waals surface area contributed by atoms with Gasteiger partial charge in [0.2, 0.25) is 0 Å². The molecule has 2 heterocycles. The number of hydrogen-bond donors (Lipinski definition) is 2. The van der Waals surface area contributed by atoms with Gasteiger partial charge in [-0.1, -0.05) is 0 Å². The highest BCUT2D eigenvalue weighted by atomic mass is 16.5. The van der Waals surface area contributed by atoms with Crippen molar-refractivity contribution in [2.75, 3.05) is 7.11 Å². The lowest BCUT2D eigenvalue weighted by Crippen LogP contribution is -2.20. The molecule has 6 heteroatoms. The van der Waals surface area contributed by atoms with Crippen LogP contribution in [-0.2, 0) is 9.53 Å². The summed E-state index contributed by atoms with van der Waals surface area (Å²) in [5.74, 6) is -0.941. The zero-order valence-corrected chi connectivity index (χ0v) is 11.2. The molecule has 0 amide bonds. The highest BCUT2D eigenvalue weighted by Crippen LogP contribution is 2.32. The summed E-state index contributed by atoms with van der Waals surface area (Å²) in [7, 11) is 1.26. The second kappa shape index (κ2) is 5.64. The minimum atomic E-state index is -0.693. The molecule has 2 aromatic heterocycles. The molecule has 0 aliphatic carbocycles. The largest absolute Gasteiger partial charge is 0.507 e. The van der Waals surface area contributed by atoms with Crippen LogP contribution >= 0.6 is 0 Å². The predicted octanol–water partition coefficient (Wildman–Crippen LogP) is 1.68. The minimum absolute atomic E-state index is 0.0935. The van der Waals surface area contributed by atoms with Crippen molar-refractivity contribution < 1.29 is 19.1 Å². The third kappa shape index (κ3) is 2.74. The number of H-pyrrole nitrogens is 1. The normalized spacial score (nSPS) is 12.1. The first kappa shape index (κ1) is 13.9. The zero-order valence-electron chi connectivity index (χ0n) is 11.2. The third-order valence-corrected chi connectivity index (χ3v) is 3.02. The number of aryl methyl sites for hydroxylation is 1. The average Bonchev–Trinajstić information content (AvgIpc) is 2.89. The van der Waals surface area contributed by atoms with Gasteiger partial charge in [0.05, 0.1) is 31.3 Å². The molecule has 0 aliphatic rings. The SMILES string of the molecule is COC(=O)C[C@H](c1ccco1)c1c(O)cc(C)[nH]c1=O. The molecule has 0 saturated carbocycles. The van der Waals surface area contributed by atoms with Gasteiger partial charge in [0.15, 0.2) is 0 Å². The van der Waals surface area contributed by atoms with Crippen molar-refractivity contribution in [2.45, 2.75) is 19.3 Å². The van der Waals surface area contributed by atoms with Crippen LogP contribution in [0.25, 0.3) is 0 Å². The van der Waals surface area contributed by atoms with Crippen LogP contribution in [0.2, 0.25) is 0 Å². The molecule has 1 atom stereocenters. The predicted molar refractivity (Wildman–Crippen MR) is 70.6 cm³/mol. The van der Waals surface area contributed by atoms with E-state index >= 15 is 0 Å². The minimum Gasteiger partial charge on any atom is -0.507 e. The maximum atomic E-state index is 12.1. The molecule has 0 aliphatic heterocycles. The molecule has 2 N–H and O–H groups in total. The van der Waals surface area contributed by atoms with Gasteiger partial charge in [-0.15, -0.1) is 0 Å². The molecular weight excluding hydrogens is 262 g/mol. The second-order valence-corrected chi connectivity index (χ2v) is 4.43. The van der Waals surface area contributed by atoms with Crippen LogP contribution in [-0.4, -0.2) is 23.2 Å². The highest BCUT2D eigenvalue weighted by molar-refractivity contribution is 5.71. The Morgan fingerprint density at radius 3 is 2.85 bits per heavy atom. The summed E-state index contributed by atoms with van der Waals surface area (Å²) in [6, 6.07) is 4.73. The van der Waals surface area contributed by atoms with Crippen molar-refractivity contribution in [1.29, 1.82) is 0 Å². The van der Waals surface area contributed by atoms with Crippen molar-refractivity contribution in [3.63, 3.8) is 0 Å². The number of aromatic hydroxyl groups is 1. The first-order chi connectivity index (χ1) is 9.52. The lowest BCUT2D eigenvalue weighted by atomic mass is 9.93. The van der Waals surface area contributed by atoms with Crippen molar-refractivity contribution in [2.24, 2.45) is 0 Å². The number of nitrogens with one attached hydrogen (secondary N) is 1. The van der Waals surface area contributed by atoms with E-state index in [2.05, 4.69) is 9.72 Å². The molecule has 0 spiro atoms. The van der Waals surface area contributed by atoms with Crippen LogP contribution in [0.4, 0.5) is 0 Å². The number of methoxy groups -OCH3 is 1. The maximum Gasteiger partial charge on any atom is 0.306 e. The molecule has 0 fully saturated rings. The maximum absolute atomic E-state index is 12.1. The number of aromatic nitrogens is 1. The zero-order chi connectivity index (χ0) is 14.7.